The summed E-state index contributed by atoms with van der Waals surface area (Å²) in [6.07, 6.45) is 4.23. The van der Waals surface area contributed by atoms with E-state index in [2.05, 4.69) is 15.8 Å². The van der Waals surface area contributed by atoms with Crippen LogP contribution in [-0.4, -0.2) is 24.8 Å². The van der Waals surface area contributed by atoms with Gasteiger partial charge in [-0.3, -0.25) is 4.79 Å². The fraction of sp³-hybridized carbons (Fsp3) is 0.214. The zero-order chi connectivity index (χ0) is 14.6. The molecule has 0 aliphatic rings. The van der Waals surface area contributed by atoms with Crippen molar-refractivity contribution in [3.63, 3.8) is 0 Å². The third-order valence-electron chi connectivity index (χ3n) is 2.15. The van der Waals surface area contributed by atoms with E-state index in [0.29, 0.717) is 0 Å². The van der Waals surface area contributed by atoms with Gasteiger partial charge in [0.05, 0.1) is 0 Å². The number of hydrazone groups is 1. The molecule has 1 aromatic carbocycles. The predicted octanol–water partition coefficient (Wildman–Crippen LogP) is 1.59. The number of alkyl carbamates (subject to hydrolysis) is 1. The molecule has 0 saturated heterocycles. The molecule has 0 radical (unpaired) electrons. The molecule has 6 nitrogen and oxygen atoms in total. The number of carbonyl (C=O) groups excluding carboxylic acids is 2. The van der Waals surface area contributed by atoms with E-state index in [-0.39, 0.29) is 13.2 Å². The van der Waals surface area contributed by atoms with Crippen molar-refractivity contribution in [3.8, 4) is 0 Å². The first-order valence-corrected chi connectivity index (χ1v) is 6.10. The number of allylic oxidation sites excluding steroid dienone is 2. The number of nitrogens with one attached hydrogen (secondary N) is 2. The van der Waals surface area contributed by atoms with Gasteiger partial charge in [-0.15, -0.1) is 0 Å². The van der Waals surface area contributed by atoms with Gasteiger partial charge in [-0.05, 0) is 18.6 Å². The molecule has 6 heteroatoms. The largest absolute Gasteiger partial charge is 0.445 e. The Bertz CT molecular complexity index is 484. The Morgan fingerprint density at radius 1 is 1.30 bits per heavy atom. The van der Waals surface area contributed by atoms with Crippen molar-refractivity contribution >= 4 is 18.2 Å². The number of nitrogens with zero attached hydrogens (tertiary/aromatic N) is 1. The monoisotopic (exact) mass is 275 g/mol. The van der Waals surface area contributed by atoms with Crippen molar-refractivity contribution in [2.75, 3.05) is 6.54 Å². The summed E-state index contributed by atoms with van der Waals surface area (Å²) in [5.41, 5.74) is 3.13. The van der Waals surface area contributed by atoms with E-state index in [1.807, 2.05) is 37.3 Å². The average molecular weight is 275 g/mol. The molecule has 106 valence electrons. The highest BCUT2D eigenvalue weighted by Crippen LogP contribution is 2.00. The summed E-state index contributed by atoms with van der Waals surface area (Å²) >= 11 is 0. The number of ether oxygens (including phenoxy) is 1. The number of amides is 2. The Morgan fingerprint density at radius 2 is 2.05 bits per heavy atom. The van der Waals surface area contributed by atoms with Crippen molar-refractivity contribution in [2.45, 2.75) is 13.5 Å². The SMILES string of the molecule is C/C=C/C=N/NC(=O)CNC(=O)OCc1ccccc1. The molecule has 0 saturated carbocycles. The normalized spacial score (nSPS) is 10.7. The Hall–Kier alpha value is -2.63. The number of hydrogen-bond donors (Lipinski definition) is 2. The fourth-order valence-corrected chi connectivity index (χ4v) is 1.20. The van der Waals surface area contributed by atoms with E-state index in [1.165, 1.54) is 6.21 Å². The van der Waals surface area contributed by atoms with Crippen LogP contribution in [0.15, 0.2) is 47.6 Å². The van der Waals surface area contributed by atoms with Crippen LogP contribution in [0.2, 0.25) is 0 Å². The Morgan fingerprint density at radius 3 is 2.75 bits per heavy atom. The number of rotatable bonds is 6. The maximum atomic E-state index is 11.3. The minimum Gasteiger partial charge on any atom is -0.445 e. The van der Waals surface area contributed by atoms with Gasteiger partial charge in [-0.1, -0.05) is 36.4 Å². The minimum absolute atomic E-state index is 0.160. The van der Waals surface area contributed by atoms with Crippen LogP contribution in [0.5, 0.6) is 0 Å². The lowest BCUT2D eigenvalue weighted by molar-refractivity contribution is -0.120. The molecule has 1 aromatic rings. The van der Waals surface area contributed by atoms with Crippen LogP contribution in [-0.2, 0) is 16.1 Å². The van der Waals surface area contributed by atoms with Gasteiger partial charge >= 0.3 is 6.09 Å². The second-order valence-electron chi connectivity index (χ2n) is 3.75. The van der Waals surface area contributed by atoms with Crippen molar-refractivity contribution in [1.29, 1.82) is 0 Å². The Kier molecular flexibility index (Phi) is 7.19. The minimum atomic E-state index is -0.651. The summed E-state index contributed by atoms with van der Waals surface area (Å²) in [4.78, 5) is 22.6. The molecule has 1 rings (SSSR count). The quantitative estimate of drug-likeness (QED) is 0.611. The molecule has 2 amide bonds. The molecular weight excluding hydrogens is 258 g/mol. The molecule has 0 fully saturated rings. The van der Waals surface area contributed by atoms with E-state index in [4.69, 9.17) is 4.74 Å². The van der Waals surface area contributed by atoms with Gasteiger partial charge in [-0.2, -0.15) is 5.10 Å². The lowest BCUT2D eigenvalue weighted by Gasteiger charge is -2.06. The lowest BCUT2D eigenvalue weighted by Crippen LogP contribution is -2.35. The highest BCUT2D eigenvalue weighted by Gasteiger charge is 2.05. The molecule has 0 aromatic heterocycles. The Balaban J connectivity index is 2.18. The smallest absolute Gasteiger partial charge is 0.407 e. The zero-order valence-electron chi connectivity index (χ0n) is 11.2. The van der Waals surface area contributed by atoms with Gasteiger partial charge < -0.3 is 10.1 Å². The summed E-state index contributed by atoms with van der Waals surface area (Å²) in [6.45, 7) is 1.80. The van der Waals surface area contributed by atoms with Crippen LogP contribution in [0.3, 0.4) is 0 Å². The van der Waals surface area contributed by atoms with Gasteiger partial charge in [0.2, 0.25) is 0 Å². The fourth-order valence-electron chi connectivity index (χ4n) is 1.20. The molecular formula is C14H17N3O3. The number of benzene rings is 1. The van der Waals surface area contributed by atoms with E-state index in [1.54, 1.807) is 12.2 Å². The predicted molar refractivity (Wildman–Crippen MR) is 76.1 cm³/mol. The van der Waals surface area contributed by atoms with Crippen molar-refractivity contribution in [2.24, 2.45) is 5.10 Å². The van der Waals surface area contributed by atoms with Crippen molar-refractivity contribution in [3.05, 3.63) is 48.0 Å². The van der Waals surface area contributed by atoms with Crippen LogP contribution >= 0.6 is 0 Å². The van der Waals surface area contributed by atoms with Crippen LogP contribution in [0.1, 0.15) is 12.5 Å². The summed E-state index contributed by atoms with van der Waals surface area (Å²) in [7, 11) is 0. The highest BCUT2D eigenvalue weighted by molar-refractivity contribution is 5.83. The molecule has 0 aliphatic heterocycles. The molecule has 20 heavy (non-hydrogen) atoms. The summed E-state index contributed by atoms with van der Waals surface area (Å²) in [5, 5.41) is 5.96. The second kappa shape index (κ2) is 9.32. The molecule has 0 unspecified atom stereocenters. The van der Waals surface area contributed by atoms with E-state index in [0.717, 1.165) is 5.56 Å². The third-order valence-corrected chi connectivity index (χ3v) is 2.15. The van der Waals surface area contributed by atoms with Crippen LogP contribution in [0.4, 0.5) is 4.79 Å². The van der Waals surface area contributed by atoms with Crippen LogP contribution < -0.4 is 10.7 Å². The standard InChI is InChI=1S/C14H17N3O3/c1-2-3-9-16-17-13(18)10-15-14(19)20-11-12-7-5-4-6-8-12/h2-9H,10-11H2,1H3,(H,15,19)(H,17,18)/b3-2+,16-9+. The van der Waals surface area contributed by atoms with Gasteiger partial charge in [0, 0.05) is 6.21 Å². The molecule has 0 spiro atoms. The topological polar surface area (TPSA) is 79.8 Å². The summed E-state index contributed by atoms with van der Waals surface area (Å²) in [6, 6.07) is 9.27. The molecule has 0 atom stereocenters. The van der Waals surface area contributed by atoms with Gasteiger partial charge in [0.25, 0.3) is 5.91 Å². The summed E-state index contributed by atoms with van der Waals surface area (Å²) < 4.78 is 4.94. The third kappa shape index (κ3) is 6.95. The van der Waals surface area contributed by atoms with E-state index >= 15 is 0 Å². The van der Waals surface area contributed by atoms with Crippen molar-refractivity contribution in [1.82, 2.24) is 10.7 Å². The molecule has 0 bridgehead atoms. The van der Waals surface area contributed by atoms with Crippen LogP contribution in [0, 0.1) is 0 Å². The summed E-state index contributed by atoms with van der Waals surface area (Å²) in [5.74, 6) is -0.428. The van der Waals surface area contributed by atoms with E-state index in [9.17, 15) is 9.59 Å². The molecule has 2 N–H and O–H groups in total. The molecule has 0 heterocycles. The van der Waals surface area contributed by atoms with Gasteiger partial charge in [0.15, 0.2) is 0 Å². The van der Waals surface area contributed by atoms with Gasteiger partial charge in [-0.25, -0.2) is 10.2 Å². The second-order valence-corrected chi connectivity index (χ2v) is 3.75. The van der Waals surface area contributed by atoms with Gasteiger partial charge in [0.1, 0.15) is 13.2 Å². The van der Waals surface area contributed by atoms with Crippen molar-refractivity contribution < 1.29 is 14.3 Å². The highest BCUT2D eigenvalue weighted by atomic mass is 16.5. The zero-order valence-corrected chi connectivity index (χ0v) is 11.2. The first kappa shape index (κ1) is 15.4. The number of hydrogen-bond acceptors (Lipinski definition) is 4. The average Bonchev–Trinajstić information content (AvgIpc) is 2.48. The maximum absolute atomic E-state index is 11.3. The lowest BCUT2D eigenvalue weighted by atomic mass is 10.2. The first-order valence-electron chi connectivity index (χ1n) is 6.10. The van der Waals surface area contributed by atoms with E-state index < -0.39 is 12.0 Å². The first-order chi connectivity index (χ1) is 9.72. The van der Waals surface area contributed by atoms with Crippen LogP contribution in [0.25, 0.3) is 0 Å². The maximum Gasteiger partial charge on any atom is 0.407 e. The Labute approximate surface area is 117 Å². The molecule has 0 aliphatic carbocycles. The number of carbonyl (C=O) groups is 2.